The number of aliphatic hydroxyl groups excluding tert-OH is 1. The summed E-state index contributed by atoms with van der Waals surface area (Å²) in [7, 11) is 0. The van der Waals surface area contributed by atoms with Gasteiger partial charge in [0.25, 0.3) is 0 Å². The predicted octanol–water partition coefficient (Wildman–Crippen LogP) is 1.66. The molecule has 3 aliphatic rings. The lowest BCUT2D eigenvalue weighted by Gasteiger charge is -2.48. The molecule has 0 saturated heterocycles. The van der Waals surface area contributed by atoms with Gasteiger partial charge in [-0.3, -0.25) is 0 Å². The van der Waals surface area contributed by atoms with Crippen molar-refractivity contribution in [1.82, 2.24) is 0 Å². The highest BCUT2D eigenvalue weighted by Crippen LogP contribution is 2.73. The SMILES string of the molecule is C[C@@H]1CC[C@@]2(N)C(C)(C)C3C[C@@]12C[C@H](O)[C@@]3(C)O. The zero-order valence-corrected chi connectivity index (χ0v) is 12.0. The fourth-order valence-corrected chi connectivity index (χ4v) is 5.87. The molecule has 0 heterocycles. The molecule has 4 N–H and O–H groups in total. The quantitative estimate of drug-likeness (QED) is 0.615. The Morgan fingerprint density at radius 2 is 1.78 bits per heavy atom. The van der Waals surface area contributed by atoms with Crippen LogP contribution < -0.4 is 5.73 Å². The Bertz CT molecular complexity index is 392. The Hall–Kier alpha value is -0.120. The summed E-state index contributed by atoms with van der Waals surface area (Å²) >= 11 is 0. The van der Waals surface area contributed by atoms with E-state index in [0.29, 0.717) is 12.3 Å². The zero-order chi connectivity index (χ0) is 13.6. The van der Waals surface area contributed by atoms with E-state index in [1.54, 1.807) is 6.92 Å². The summed E-state index contributed by atoms with van der Waals surface area (Å²) in [5, 5.41) is 21.1. The third-order valence-corrected chi connectivity index (χ3v) is 7.33. The molecule has 0 radical (unpaired) electrons. The average Bonchev–Trinajstić information content (AvgIpc) is 2.58. The summed E-state index contributed by atoms with van der Waals surface area (Å²) < 4.78 is 0. The Balaban J connectivity index is 2.18. The maximum absolute atomic E-state index is 10.7. The number of nitrogens with two attached hydrogens (primary N) is 1. The Kier molecular flexibility index (Phi) is 2.24. The number of rotatable bonds is 0. The lowest BCUT2D eigenvalue weighted by Crippen LogP contribution is -2.57. The fraction of sp³-hybridized carbons (Fsp3) is 1.00. The second-order valence-electron chi connectivity index (χ2n) is 7.99. The molecule has 3 heteroatoms. The van der Waals surface area contributed by atoms with Gasteiger partial charge in [0.05, 0.1) is 11.7 Å². The van der Waals surface area contributed by atoms with Crippen LogP contribution in [0, 0.1) is 22.7 Å². The van der Waals surface area contributed by atoms with Crippen LogP contribution >= 0.6 is 0 Å². The third kappa shape index (κ3) is 1.05. The molecule has 0 aliphatic heterocycles. The molecule has 104 valence electrons. The van der Waals surface area contributed by atoms with E-state index in [-0.39, 0.29) is 22.3 Å². The average molecular weight is 253 g/mol. The topological polar surface area (TPSA) is 66.5 Å². The minimum Gasteiger partial charge on any atom is -0.390 e. The molecule has 0 aromatic heterocycles. The van der Waals surface area contributed by atoms with Crippen LogP contribution in [0.3, 0.4) is 0 Å². The van der Waals surface area contributed by atoms with Gasteiger partial charge < -0.3 is 15.9 Å². The van der Waals surface area contributed by atoms with Gasteiger partial charge in [0.1, 0.15) is 0 Å². The lowest BCUT2D eigenvalue weighted by atomic mass is 9.61. The van der Waals surface area contributed by atoms with Crippen LogP contribution in [0.25, 0.3) is 0 Å². The Labute approximate surface area is 110 Å². The van der Waals surface area contributed by atoms with Crippen molar-refractivity contribution in [2.24, 2.45) is 28.4 Å². The van der Waals surface area contributed by atoms with Gasteiger partial charge in [0.2, 0.25) is 0 Å². The molecule has 3 fully saturated rings. The van der Waals surface area contributed by atoms with Crippen LogP contribution in [0.15, 0.2) is 0 Å². The predicted molar refractivity (Wildman–Crippen MR) is 70.9 cm³/mol. The summed E-state index contributed by atoms with van der Waals surface area (Å²) in [5.74, 6) is 0.652. The molecule has 3 aliphatic carbocycles. The standard InChI is InChI=1S/C15H27NO2/c1-9-5-6-15(16)12(2,3)10-7-14(9,15)8-11(17)13(10,4)18/h9-11,17-18H,5-8,16H2,1-4H3/t9-,10?,11+,13+,14-,15-/m1/s1. The van der Waals surface area contributed by atoms with Gasteiger partial charge in [-0.25, -0.2) is 0 Å². The third-order valence-electron chi connectivity index (χ3n) is 7.33. The van der Waals surface area contributed by atoms with Crippen molar-refractivity contribution >= 4 is 0 Å². The second kappa shape index (κ2) is 3.13. The molecule has 6 atom stereocenters. The van der Waals surface area contributed by atoms with Crippen LogP contribution in [0.1, 0.15) is 53.4 Å². The molecule has 0 amide bonds. The summed E-state index contributed by atoms with van der Waals surface area (Å²) in [6, 6.07) is 0. The first kappa shape index (κ1) is 12.9. The summed E-state index contributed by atoms with van der Waals surface area (Å²) in [6.45, 7) is 8.47. The Morgan fingerprint density at radius 3 is 2.39 bits per heavy atom. The number of aliphatic hydroxyl groups is 2. The van der Waals surface area contributed by atoms with E-state index in [2.05, 4.69) is 20.8 Å². The molecule has 18 heavy (non-hydrogen) atoms. The molecule has 0 aromatic carbocycles. The molecule has 0 aromatic rings. The van der Waals surface area contributed by atoms with Crippen LogP contribution in [0.4, 0.5) is 0 Å². The highest BCUT2D eigenvalue weighted by atomic mass is 16.3. The van der Waals surface area contributed by atoms with Crippen molar-refractivity contribution in [3.05, 3.63) is 0 Å². The molecule has 1 unspecified atom stereocenters. The van der Waals surface area contributed by atoms with Crippen LogP contribution in [-0.2, 0) is 0 Å². The van der Waals surface area contributed by atoms with Crippen LogP contribution in [0.5, 0.6) is 0 Å². The van der Waals surface area contributed by atoms with Crippen molar-refractivity contribution in [3.8, 4) is 0 Å². The maximum atomic E-state index is 10.7. The van der Waals surface area contributed by atoms with Gasteiger partial charge in [0.15, 0.2) is 0 Å². The van der Waals surface area contributed by atoms with Gasteiger partial charge in [-0.2, -0.15) is 0 Å². The summed E-state index contributed by atoms with van der Waals surface area (Å²) in [4.78, 5) is 0. The van der Waals surface area contributed by atoms with Crippen molar-refractivity contribution in [1.29, 1.82) is 0 Å². The lowest BCUT2D eigenvalue weighted by molar-refractivity contribution is -0.153. The van der Waals surface area contributed by atoms with Crippen LogP contribution in [-0.4, -0.2) is 27.5 Å². The number of hydrogen-bond acceptors (Lipinski definition) is 3. The van der Waals surface area contributed by atoms with Gasteiger partial charge in [-0.15, -0.1) is 0 Å². The smallest absolute Gasteiger partial charge is 0.0911 e. The largest absolute Gasteiger partial charge is 0.390 e. The van der Waals surface area contributed by atoms with E-state index < -0.39 is 11.7 Å². The minimum atomic E-state index is -0.995. The van der Waals surface area contributed by atoms with E-state index >= 15 is 0 Å². The molecular formula is C15H27NO2. The first-order valence-corrected chi connectivity index (χ1v) is 7.29. The fourth-order valence-electron chi connectivity index (χ4n) is 5.87. The van der Waals surface area contributed by atoms with E-state index in [1.165, 1.54) is 0 Å². The van der Waals surface area contributed by atoms with Gasteiger partial charge in [-0.1, -0.05) is 20.8 Å². The molecule has 3 nitrogen and oxygen atoms in total. The van der Waals surface area contributed by atoms with Gasteiger partial charge in [-0.05, 0) is 55.3 Å². The van der Waals surface area contributed by atoms with Crippen molar-refractivity contribution < 1.29 is 10.2 Å². The Morgan fingerprint density at radius 1 is 1.17 bits per heavy atom. The number of hydrogen-bond donors (Lipinski definition) is 3. The molecular weight excluding hydrogens is 226 g/mol. The van der Waals surface area contributed by atoms with Crippen molar-refractivity contribution in [3.63, 3.8) is 0 Å². The summed E-state index contributed by atoms with van der Waals surface area (Å²) in [5.41, 5.74) is 5.56. The van der Waals surface area contributed by atoms with E-state index in [1.807, 2.05) is 0 Å². The maximum Gasteiger partial charge on any atom is 0.0911 e. The molecule has 2 bridgehead atoms. The zero-order valence-electron chi connectivity index (χ0n) is 12.0. The molecule has 3 saturated carbocycles. The van der Waals surface area contributed by atoms with Crippen LogP contribution in [0.2, 0.25) is 0 Å². The van der Waals surface area contributed by atoms with Crippen molar-refractivity contribution in [2.75, 3.05) is 0 Å². The second-order valence-corrected chi connectivity index (χ2v) is 7.99. The first-order chi connectivity index (χ1) is 8.09. The highest BCUT2D eigenvalue weighted by molar-refractivity contribution is 5.28. The normalized spacial score (nSPS) is 61.8. The highest BCUT2D eigenvalue weighted by Gasteiger charge is 2.76. The van der Waals surface area contributed by atoms with Crippen molar-refractivity contribution in [2.45, 2.75) is 70.6 Å². The molecule has 3 rings (SSSR count). The van der Waals surface area contributed by atoms with Gasteiger partial charge in [0, 0.05) is 5.54 Å². The van der Waals surface area contributed by atoms with E-state index in [4.69, 9.17) is 5.73 Å². The minimum absolute atomic E-state index is 0.0306. The van der Waals surface area contributed by atoms with E-state index in [9.17, 15) is 10.2 Å². The van der Waals surface area contributed by atoms with Gasteiger partial charge >= 0.3 is 0 Å². The first-order valence-electron chi connectivity index (χ1n) is 7.29. The monoisotopic (exact) mass is 253 g/mol. The summed E-state index contributed by atoms with van der Waals surface area (Å²) in [6.07, 6.45) is 3.18. The molecule has 1 spiro atoms. The number of fused-ring (bicyclic) bond motifs is 1. The van der Waals surface area contributed by atoms with E-state index in [0.717, 1.165) is 19.3 Å².